The summed E-state index contributed by atoms with van der Waals surface area (Å²) in [5.41, 5.74) is 0. The Morgan fingerprint density at radius 3 is 2.89 bits per heavy atom. The molecule has 0 amide bonds. The van der Waals surface area contributed by atoms with E-state index in [0.717, 1.165) is 9.63 Å². The lowest BCUT2D eigenvalue weighted by Gasteiger charge is -1.95. The minimum Gasteiger partial charge on any atom is -0.619 e. The molecular formula is C6H7NOS. The zero-order valence-electron chi connectivity index (χ0n) is 5.07. The van der Waals surface area contributed by atoms with Crippen LogP contribution in [0.15, 0.2) is 29.4 Å². The van der Waals surface area contributed by atoms with Crippen LogP contribution in [-0.4, -0.2) is 6.26 Å². The summed E-state index contributed by atoms with van der Waals surface area (Å²) in [4.78, 5) is 0.993. The van der Waals surface area contributed by atoms with E-state index in [4.69, 9.17) is 0 Å². The van der Waals surface area contributed by atoms with Gasteiger partial charge < -0.3 is 5.21 Å². The van der Waals surface area contributed by atoms with Crippen LogP contribution >= 0.6 is 11.8 Å². The highest BCUT2D eigenvalue weighted by Gasteiger charge is 1.91. The van der Waals surface area contributed by atoms with Crippen LogP contribution in [-0.2, 0) is 0 Å². The molecule has 0 aromatic carbocycles. The summed E-state index contributed by atoms with van der Waals surface area (Å²) in [5.74, 6) is 0. The molecule has 0 fully saturated rings. The third-order valence-corrected chi connectivity index (χ3v) is 1.70. The average Bonchev–Trinajstić information content (AvgIpc) is 1.88. The topological polar surface area (TPSA) is 26.9 Å². The molecule has 9 heavy (non-hydrogen) atoms. The molecule has 1 aromatic heterocycles. The fourth-order valence-corrected chi connectivity index (χ4v) is 0.979. The zero-order chi connectivity index (χ0) is 6.69. The lowest BCUT2D eigenvalue weighted by Crippen LogP contribution is -2.23. The SMILES string of the molecule is CSc1ccc[n+]([O-])c1. The largest absolute Gasteiger partial charge is 0.619 e. The molecule has 1 heterocycles. The van der Waals surface area contributed by atoms with Gasteiger partial charge in [-0.25, -0.2) is 0 Å². The molecule has 0 bridgehead atoms. The van der Waals surface area contributed by atoms with Gasteiger partial charge in [0.05, 0.1) is 4.90 Å². The van der Waals surface area contributed by atoms with Gasteiger partial charge in [-0.3, -0.25) is 0 Å². The molecule has 0 aliphatic heterocycles. The van der Waals surface area contributed by atoms with E-state index in [1.165, 1.54) is 6.20 Å². The Morgan fingerprint density at radius 1 is 1.67 bits per heavy atom. The van der Waals surface area contributed by atoms with E-state index in [9.17, 15) is 5.21 Å². The first kappa shape index (κ1) is 6.42. The number of thioether (sulfide) groups is 1. The molecule has 0 saturated carbocycles. The average molecular weight is 141 g/mol. The lowest BCUT2D eigenvalue weighted by molar-refractivity contribution is -0.607. The Bertz CT molecular complexity index is 202. The number of pyridine rings is 1. The Balaban J connectivity index is 2.94. The second-order valence-corrected chi connectivity index (χ2v) is 2.48. The summed E-state index contributed by atoms with van der Waals surface area (Å²) in [6, 6.07) is 3.64. The molecule has 0 N–H and O–H groups in total. The molecule has 0 radical (unpaired) electrons. The zero-order valence-corrected chi connectivity index (χ0v) is 5.89. The molecule has 0 saturated heterocycles. The molecule has 0 aliphatic carbocycles. The molecule has 1 rings (SSSR count). The molecular weight excluding hydrogens is 134 g/mol. The van der Waals surface area contributed by atoms with Gasteiger partial charge in [-0.2, -0.15) is 4.73 Å². The third kappa shape index (κ3) is 1.61. The summed E-state index contributed by atoms with van der Waals surface area (Å²) in [5, 5.41) is 10.6. The molecule has 2 nitrogen and oxygen atoms in total. The van der Waals surface area contributed by atoms with Crippen molar-refractivity contribution >= 4 is 11.8 Å². The van der Waals surface area contributed by atoms with Crippen LogP contribution in [0.4, 0.5) is 0 Å². The van der Waals surface area contributed by atoms with Crippen LogP contribution in [0.1, 0.15) is 0 Å². The monoisotopic (exact) mass is 141 g/mol. The quantitative estimate of drug-likeness (QED) is 0.332. The minimum absolute atomic E-state index is 0.797. The predicted octanol–water partition coefficient (Wildman–Crippen LogP) is 1.04. The number of hydrogen-bond donors (Lipinski definition) is 0. The van der Waals surface area contributed by atoms with Crippen molar-refractivity contribution in [2.24, 2.45) is 0 Å². The Labute approximate surface area is 58.1 Å². The van der Waals surface area contributed by atoms with Crippen molar-refractivity contribution in [3.63, 3.8) is 0 Å². The maximum atomic E-state index is 10.6. The van der Waals surface area contributed by atoms with Gasteiger partial charge in [0.25, 0.3) is 0 Å². The van der Waals surface area contributed by atoms with Gasteiger partial charge in [0.2, 0.25) is 0 Å². The van der Waals surface area contributed by atoms with E-state index >= 15 is 0 Å². The van der Waals surface area contributed by atoms with E-state index in [2.05, 4.69) is 0 Å². The van der Waals surface area contributed by atoms with Crippen molar-refractivity contribution in [1.82, 2.24) is 0 Å². The summed E-state index contributed by atoms with van der Waals surface area (Å²) >= 11 is 1.56. The van der Waals surface area contributed by atoms with Gasteiger partial charge in [-0.1, -0.05) is 0 Å². The van der Waals surface area contributed by atoms with Crippen molar-refractivity contribution in [2.75, 3.05) is 6.26 Å². The summed E-state index contributed by atoms with van der Waals surface area (Å²) in [6.07, 6.45) is 4.96. The van der Waals surface area contributed by atoms with Crippen molar-refractivity contribution in [2.45, 2.75) is 4.90 Å². The predicted molar refractivity (Wildman–Crippen MR) is 37.2 cm³/mol. The Hall–Kier alpha value is -0.700. The molecule has 0 unspecified atom stereocenters. The summed E-state index contributed by atoms with van der Waals surface area (Å²) < 4.78 is 0.797. The van der Waals surface area contributed by atoms with Crippen LogP contribution in [0.3, 0.4) is 0 Å². The van der Waals surface area contributed by atoms with E-state index in [-0.39, 0.29) is 0 Å². The molecule has 0 spiro atoms. The molecule has 3 heteroatoms. The highest BCUT2D eigenvalue weighted by atomic mass is 32.2. The standard InChI is InChI=1S/C6H7NOS/c1-9-6-3-2-4-7(8)5-6/h2-5H,1H3. The first-order valence-corrected chi connectivity index (χ1v) is 3.78. The number of rotatable bonds is 1. The Kier molecular flexibility index (Phi) is 1.95. The number of hydrogen-bond acceptors (Lipinski definition) is 2. The molecule has 0 atom stereocenters. The van der Waals surface area contributed by atoms with Gasteiger partial charge in [-0.15, -0.1) is 11.8 Å². The maximum absolute atomic E-state index is 10.6. The number of aromatic nitrogens is 1. The summed E-state index contributed by atoms with van der Waals surface area (Å²) in [6.45, 7) is 0. The van der Waals surface area contributed by atoms with E-state index in [1.54, 1.807) is 24.0 Å². The van der Waals surface area contributed by atoms with Crippen molar-refractivity contribution in [3.05, 3.63) is 29.7 Å². The first-order chi connectivity index (χ1) is 4.33. The normalized spacial score (nSPS) is 9.44. The van der Waals surface area contributed by atoms with Crippen molar-refractivity contribution in [1.29, 1.82) is 0 Å². The van der Waals surface area contributed by atoms with Crippen LogP contribution in [0, 0.1) is 5.21 Å². The Morgan fingerprint density at radius 2 is 2.44 bits per heavy atom. The van der Waals surface area contributed by atoms with Crippen molar-refractivity contribution in [3.8, 4) is 0 Å². The first-order valence-electron chi connectivity index (χ1n) is 2.56. The third-order valence-electron chi connectivity index (χ3n) is 0.984. The van der Waals surface area contributed by atoms with Crippen LogP contribution in [0.25, 0.3) is 0 Å². The fourth-order valence-electron chi connectivity index (χ4n) is 0.555. The van der Waals surface area contributed by atoms with Crippen LogP contribution in [0.2, 0.25) is 0 Å². The van der Waals surface area contributed by atoms with E-state index in [0.29, 0.717) is 0 Å². The van der Waals surface area contributed by atoms with Gasteiger partial charge in [-0.05, 0) is 12.3 Å². The van der Waals surface area contributed by atoms with E-state index in [1.807, 2.05) is 12.3 Å². The number of nitrogens with zero attached hydrogens (tertiary/aromatic N) is 1. The van der Waals surface area contributed by atoms with Gasteiger partial charge in [0.1, 0.15) is 0 Å². The maximum Gasteiger partial charge on any atom is 0.193 e. The van der Waals surface area contributed by atoms with E-state index < -0.39 is 0 Å². The minimum atomic E-state index is 0.797. The highest BCUT2D eigenvalue weighted by molar-refractivity contribution is 7.98. The van der Waals surface area contributed by atoms with Crippen LogP contribution < -0.4 is 4.73 Å². The lowest BCUT2D eigenvalue weighted by atomic mass is 10.5. The fraction of sp³-hybridized carbons (Fsp3) is 0.167. The van der Waals surface area contributed by atoms with Gasteiger partial charge in [0, 0.05) is 6.07 Å². The van der Waals surface area contributed by atoms with Crippen molar-refractivity contribution < 1.29 is 4.73 Å². The second-order valence-electron chi connectivity index (χ2n) is 1.60. The molecule has 0 aliphatic rings. The molecule has 48 valence electrons. The molecule has 1 aromatic rings. The smallest absolute Gasteiger partial charge is 0.193 e. The summed E-state index contributed by atoms with van der Waals surface area (Å²) in [7, 11) is 0. The highest BCUT2D eigenvalue weighted by Crippen LogP contribution is 2.09. The van der Waals surface area contributed by atoms with Crippen LogP contribution in [0.5, 0.6) is 0 Å². The van der Waals surface area contributed by atoms with Gasteiger partial charge >= 0.3 is 0 Å². The van der Waals surface area contributed by atoms with Gasteiger partial charge in [0.15, 0.2) is 12.4 Å². The second kappa shape index (κ2) is 2.73.